The van der Waals surface area contributed by atoms with Crippen LogP contribution in [0.15, 0.2) is 36.0 Å². The molecule has 1 aromatic rings. The smallest absolute Gasteiger partial charge is 0.315 e. The lowest BCUT2D eigenvalue weighted by Crippen LogP contribution is -2.65. The lowest BCUT2D eigenvalue weighted by molar-refractivity contribution is -0.197. The van der Waals surface area contributed by atoms with Crippen LogP contribution in [0, 0.1) is 57.7 Å². The molecule has 0 radical (unpaired) electrons. The molecule has 2 N–H and O–H groups in total. The van der Waals surface area contributed by atoms with Crippen LogP contribution in [0.1, 0.15) is 90.7 Å². The van der Waals surface area contributed by atoms with Gasteiger partial charge in [0.2, 0.25) is 0 Å². The van der Waals surface area contributed by atoms with Gasteiger partial charge >= 0.3 is 5.97 Å². The van der Waals surface area contributed by atoms with E-state index in [0.29, 0.717) is 30.1 Å². The Balaban J connectivity index is 1.000. The number of allylic oxidation sites excluding steroid dienone is 1. The van der Waals surface area contributed by atoms with Crippen LogP contribution >= 0.6 is 0 Å². The summed E-state index contributed by atoms with van der Waals surface area (Å²) in [7, 11) is 0. The van der Waals surface area contributed by atoms with Crippen molar-refractivity contribution in [2.24, 2.45) is 57.7 Å². The van der Waals surface area contributed by atoms with Gasteiger partial charge < -0.3 is 20.0 Å². The lowest BCUT2D eigenvalue weighted by atomic mass is 9.41. The predicted molar refractivity (Wildman–Crippen MR) is 194 cm³/mol. The van der Waals surface area contributed by atoms with Gasteiger partial charge in [-0.25, -0.2) is 0 Å². The van der Waals surface area contributed by atoms with Crippen molar-refractivity contribution >= 4 is 12.3 Å². The van der Waals surface area contributed by atoms with Crippen molar-refractivity contribution in [3.63, 3.8) is 0 Å². The van der Waals surface area contributed by atoms with E-state index in [1.54, 1.807) is 0 Å². The summed E-state index contributed by atoms with van der Waals surface area (Å²) >= 11 is 0. The summed E-state index contributed by atoms with van der Waals surface area (Å²) in [6, 6.07) is 6.16. The van der Waals surface area contributed by atoms with Gasteiger partial charge in [-0.3, -0.25) is 19.6 Å². The Morgan fingerprint density at radius 2 is 1.84 bits per heavy atom. The Morgan fingerprint density at radius 1 is 1.06 bits per heavy atom. The highest BCUT2D eigenvalue weighted by atomic mass is 16.5. The Labute approximate surface area is 300 Å². The molecule has 4 saturated carbocycles. The van der Waals surface area contributed by atoms with E-state index in [1.807, 2.05) is 12.3 Å². The van der Waals surface area contributed by atoms with E-state index >= 15 is 0 Å². The number of hydrogen-bond donors (Lipinski definition) is 2. The van der Waals surface area contributed by atoms with Gasteiger partial charge in [0.15, 0.2) is 0 Å². The maximum atomic E-state index is 14.2. The molecule has 8 rings (SSSR count). The number of hydrogen-bond acceptors (Lipinski definition) is 7. The van der Waals surface area contributed by atoms with E-state index in [0.717, 1.165) is 89.3 Å². The maximum absolute atomic E-state index is 14.2. The van der Waals surface area contributed by atoms with E-state index in [-0.39, 0.29) is 30.0 Å². The van der Waals surface area contributed by atoms with Gasteiger partial charge in [0.05, 0.1) is 23.3 Å². The molecule has 6 fully saturated rings. The molecule has 50 heavy (non-hydrogen) atoms. The van der Waals surface area contributed by atoms with Crippen LogP contribution in [0.2, 0.25) is 0 Å². The number of carboxylic acids is 1. The molecule has 1 aromatic heterocycles. The predicted octanol–water partition coefficient (Wildman–Crippen LogP) is 6.07. The maximum Gasteiger partial charge on any atom is 0.315 e. The van der Waals surface area contributed by atoms with Crippen molar-refractivity contribution < 1.29 is 19.4 Å². The van der Waals surface area contributed by atoms with Gasteiger partial charge in [0.1, 0.15) is 11.7 Å². The molecule has 4 bridgehead atoms. The van der Waals surface area contributed by atoms with Crippen LogP contribution in [0.25, 0.3) is 0 Å². The summed E-state index contributed by atoms with van der Waals surface area (Å²) in [4.78, 5) is 37.4. The molecule has 2 saturated heterocycles. The number of fused-ring (bicyclic) bond motifs is 2. The van der Waals surface area contributed by atoms with Crippen molar-refractivity contribution in [1.29, 1.82) is 0 Å². The van der Waals surface area contributed by atoms with Gasteiger partial charge in [0, 0.05) is 64.0 Å². The highest BCUT2D eigenvalue weighted by Gasteiger charge is 2.86. The fourth-order valence-electron chi connectivity index (χ4n) is 13.6. The molecule has 0 spiro atoms. The number of nitrogens with zero attached hydrogens (tertiary/aromatic N) is 3. The normalized spacial score (nSPS) is 41.8. The molecule has 3 unspecified atom stereocenters. The van der Waals surface area contributed by atoms with Crippen molar-refractivity contribution in [2.45, 2.75) is 104 Å². The highest BCUT2D eigenvalue weighted by Crippen LogP contribution is 2.84. The molecule has 0 aromatic carbocycles. The zero-order chi connectivity index (χ0) is 34.7. The number of rotatable bonds is 12. The Hall–Kier alpha value is -2.13. The molecule has 8 nitrogen and oxygen atoms in total. The lowest BCUT2D eigenvalue weighted by Gasteiger charge is -2.60. The van der Waals surface area contributed by atoms with Gasteiger partial charge in [-0.05, 0) is 79.2 Å². The van der Waals surface area contributed by atoms with Crippen LogP contribution < -0.4 is 5.32 Å². The number of carboxylic acid groups (broad SMARTS) is 1. The Kier molecular flexibility index (Phi) is 9.56. The zero-order valence-corrected chi connectivity index (χ0v) is 30.9. The number of nitrogens with one attached hydrogen (secondary N) is 1. The molecule has 8 heteroatoms. The SMILES string of the molecule is CC(C)C1=CC2CC3(C=O)[C@@H]4CC[C@@H](C)[C@H]4CC2([C@H]2C[C@@H](C4CCCCC4)[C@H](CNCCN4CCN(Cc5ccccn5)CC4)O2)[C@]13C(=O)O. The summed E-state index contributed by atoms with van der Waals surface area (Å²) < 4.78 is 7.41. The first-order chi connectivity index (χ1) is 24.2. The standard InChI is InChI=1S/C42H62N4O4/c1-28(2)36-21-31-23-40(27-47)35-13-12-29(3)34(35)24-41(31,42(36,40)39(48)49)38-22-33(30-9-5-4-6-10-30)37(50-38)25-43-15-16-45-17-19-46(20-18-45)26-32-11-7-8-14-44-32/h7-8,11,14,21,27-31,33-35,37-38,43H,4-6,9-10,12-13,15-20,22-26H2,1-3H3,(H,48,49)/t29-,31?,33+,34-,35-,37+,38-,40?,41?,42+/m1/s1. The average Bonchev–Trinajstić information content (AvgIpc) is 3.85. The second-order valence-corrected chi connectivity index (χ2v) is 18.0. The number of aromatic nitrogens is 1. The number of aldehydes is 1. The minimum absolute atomic E-state index is 0.0883. The Bertz CT molecular complexity index is 1420. The van der Waals surface area contributed by atoms with E-state index < -0.39 is 22.2 Å². The number of aliphatic carboxylic acids is 1. The number of ether oxygens (including phenoxy) is 1. The fraction of sp³-hybridized carbons (Fsp3) is 0.786. The van der Waals surface area contributed by atoms with Crippen LogP contribution in [0.4, 0.5) is 0 Å². The van der Waals surface area contributed by atoms with E-state index in [4.69, 9.17) is 4.74 Å². The number of pyridine rings is 1. The molecule has 7 aliphatic rings. The van der Waals surface area contributed by atoms with E-state index in [9.17, 15) is 14.7 Å². The molecule has 274 valence electrons. The topological polar surface area (TPSA) is 95.0 Å². The molecular weight excluding hydrogens is 624 g/mol. The average molecular weight is 687 g/mol. The van der Waals surface area contributed by atoms with E-state index in [1.165, 1.54) is 38.4 Å². The summed E-state index contributed by atoms with van der Waals surface area (Å²) in [6.07, 6.45) is 16.4. The number of carbonyl (C=O) groups excluding carboxylic acids is 1. The first-order valence-electron chi connectivity index (χ1n) is 20.4. The second kappa shape index (κ2) is 13.7. The molecule has 2 aliphatic heterocycles. The molecule has 3 heterocycles. The van der Waals surface area contributed by atoms with Crippen molar-refractivity contribution in [3.8, 4) is 0 Å². The monoisotopic (exact) mass is 686 g/mol. The first kappa shape index (κ1) is 34.9. The van der Waals surface area contributed by atoms with Crippen LogP contribution in [-0.4, -0.2) is 90.2 Å². The summed E-state index contributed by atoms with van der Waals surface area (Å²) in [5, 5.41) is 15.5. The summed E-state index contributed by atoms with van der Waals surface area (Å²) in [5.74, 6) is 1.60. The van der Waals surface area contributed by atoms with Gasteiger partial charge in [-0.15, -0.1) is 0 Å². The number of piperazine rings is 1. The summed E-state index contributed by atoms with van der Waals surface area (Å²) in [6.45, 7) is 14.7. The minimum Gasteiger partial charge on any atom is -0.481 e. The zero-order valence-electron chi connectivity index (χ0n) is 30.9. The van der Waals surface area contributed by atoms with Crippen molar-refractivity contribution in [2.75, 3.05) is 45.8 Å². The highest BCUT2D eigenvalue weighted by molar-refractivity contribution is 5.90. The van der Waals surface area contributed by atoms with E-state index in [2.05, 4.69) is 59.1 Å². The van der Waals surface area contributed by atoms with Gasteiger partial charge in [-0.1, -0.05) is 77.0 Å². The van der Waals surface area contributed by atoms with Gasteiger partial charge in [-0.2, -0.15) is 0 Å². The van der Waals surface area contributed by atoms with Crippen LogP contribution in [0.3, 0.4) is 0 Å². The number of carbonyl (C=O) groups is 2. The Morgan fingerprint density at radius 3 is 2.54 bits per heavy atom. The molecule has 0 amide bonds. The van der Waals surface area contributed by atoms with Crippen LogP contribution in [0.5, 0.6) is 0 Å². The second-order valence-electron chi connectivity index (χ2n) is 18.0. The molecular formula is C42H62N4O4. The third-order valence-electron chi connectivity index (χ3n) is 15.7. The van der Waals surface area contributed by atoms with Crippen LogP contribution in [-0.2, 0) is 20.9 Å². The minimum atomic E-state index is -1.16. The first-order valence-corrected chi connectivity index (χ1v) is 20.4. The third kappa shape index (κ3) is 5.23. The quantitative estimate of drug-likeness (QED) is 0.156. The molecule has 5 aliphatic carbocycles. The van der Waals surface area contributed by atoms with Crippen molar-refractivity contribution in [3.05, 3.63) is 41.7 Å². The summed E-state index contributed by atoms with van der Waals surface area (Å²) in [5.41, 5.74) is -0.355. The largest absolute Gasteiger partial charge is 0.481 e. The fourth-order valence-corrected chi connectivity index (χ4v) is 13.6. The van der Waals surface area contributed by atoms with Crippen molar-refractivity contribution in [1.82, 2.24) is 20.1 Å². The molecule has 10 atom stereocenters. The third-order valence-corrected chi connectivity index (χ3v) is 15.7. The van der Waals surface area contributed by atoms with Gasteiger partial charge in [0.25, 0.3) is 0 Å².